The van der Waals surface area contributed by atoms with Crippen LogP contribution in [0, 0.1) is 26.6 Å². The third-order valence-electron chi connectivity index (χ3n) is 1.20. The number of hydrogen-bond acceptors (Lipinski definition) is 2. The normalized spacial score (nSPS) is 6.53. The third kappa shape index (κ3) is 14.9. The summed E-state index contributed by atoms with van der Waals surface area (Å²) in [6, 6.07) is 7.53. The molecule has 0 bridgehead atoms. The average molecular weight is 294 g/mol. The van der Waals surface area contributed by atoms with E-state index in [1.54, 1.807) is 0 Å². The first kappa shape index (κ1) is 30.8. The summed E-state index contributed by atoms with van der Waals surface area (Å²) in [6.45, 7) is 18.0. The summed E-state index contributed by atoms with van der Waals surface area (Å²) in [7, 11) is 1.32. The summed E-state index contributed by atoms with van der Waals surface area (Å²) in [5, 5.41) is 0. The molecule has 6 nitrogen and oxygen atoms in total. The first-order valence-electron chi connectivity index (χ1n) is 3.52. The molecule has 1 heterocycles. The van der Waals surface area contributed by atoms with Crippen molar-refractivity contribution >= 4 is 26.5 Å². The minimum absolute atomic E-state index is 0. The molecule has 1 aliphatic heterocycles. The first-order valence-corrected chi connectivity index (χ1v) is 3.52. The molecule has 0 saturated carbocycles. The quantitative estimate of drug-likeness (QED) is 0.394. The van der Waals surface area contributed by atoms with Crippen LogP contribution < -0.4 is 9.31 Å². The van der Waals surface area contributed by atoms with Gasteiger partial charge in [-0.3, -0.25) is 0 Å². The maximum atomic E-state index is 7.50. The van der Waals surface area contributed by atoms with Crippen molar-refractivity contribution < 1.29 is 45.0 Å². The fraction of sp³-hybridized carbons (Fsp3) is 0. The predicted octanol–water partition coefficient (Wildman–Crippen LogP) is 0.459. The van der Waals surface area contributed by atoms with E-state index in [9.17, 15) is 0 Å². The summed E-state index contributed by atoms with van der Waals surface area (Å²) in [5.41, 5.74) is 0. The van der Waals surface area contributed by atoms with Gasteiger partial charge in [-0.15, -0.1) is 0 Å². The van der Waals surface area contributed by atoms with Gasteiger partial charge in [-0.25, -0.2) is 0 Å². The Hall–Kier alpha value is -1.04. The van der Waals surface area contributed by atoms with Crippen LogP contribution in [0.4, 0.5) is 0 Å². The predicted molar refractivity (Wildman–Crippen MR) is 54.9 cm³/mol. The van der Waals surface area contributed by atoms with Crippen LogP contribution in [0.1, 0.15) is 0 Å². The molecule has 0 aliphatic carbocycles. The molecule has 0 saturated heterocycles. The van der Waals surface area contributed by atoms with Crippen LogP contribution in [-0.2, 0) is 35.7 Å². The van der Waals surface area contributed by atoms with Crippen LogP contribution in [0.5, 0.6) is 11.5 Å². The molecule has 0 aromatic heterocycles. The molecule has 1 aliphatic rings. The Morgan fingerprint density at radius 1 is 0.737 bits per heavy atom. The molecule has 0 atom stereocenters. The molecule has 1 aromatic carbocycles. The number of rotatable bonds is 0. The van der Waals surface area contributed by atoms with E-state index in [4.69, 9.17) is 27.9 Å². The summed E-state index contributed by atoms with van der Waals surface area (Å²) >= 11 is 0. The van der Waals surface area contributed by atoms with E-state index in [0.717, 1.165) is 11.5 Å². The SMILES string of the molecule is [B]1Oc2ccccc2O1.[C-]#[O+].[C-]#[O+].[C-]#[O+].[C-]#[O+].[Fe].[Li]. The Morgan fingerprint density at radius 2 is 1.00 bits per heavy atom. The van der Waals surface area contributed by atoms with Gasteiger partial charge in [0, 0.05) is 35.9 Å². The van der Waals surface area contributed by atoms with Crippen LogP contribution >= 0.6 is 0 Å². The monoisotopic (exact) mass is 294 g/mol. The second-order valence-corrected chi connectivity index (χ2v) is 1.78. The Balaban J connectivity index is -0.0000000576. The van der Waals surface area contributed by atoms with Crippen molar-refractivity contribution in [1.82, 2.24) is 0 Å². The van der Waals surface area contributed by atoms with E-state index in [-0.39, 0.29) is 35.9 Å². The van der Waals surface area contributed by atoms with Gasteiger partial charge in [0.2, 0.25) is 0 Å². The van der Waals surface area contributed by atoms with Crippen molar-refractivity contribution in [2.45, 2.75) is 0 Å². The van der Waals surface area contributed by atoms with Crippen molar-refractivity contribution in [3.05, 3.63) is 50.9 Å². The average Bonchev–Trinajstić information content (AvgIpc) is 2.96. The topological polar surface area (TPSA) is 98.1 Å². The molecule has 0 N–H and O–H groups in total. The summed E-state index contributed by atoms with van der Waals surface area (Å²) < 4.78 is 39.9. The Morgan fingerprint density at radius 3 is 1.26 bits per heavy atom. The molecule has 2 rings (SSSR count). The zero-order chi connectivity index (χ0) is 14.1. The van der Waals surface area contributed by atoms with Crippen molar-refractivity contribution in [1.29, 1.82) is 0 Å². The molecular weight excluding hydrogens is 290 g/mol. The fourth-order valence-electron chi connectivity index (χ4n) is 0.773. The maximum absolute atomic E-state index is 7.50. The van der Waals surface area contributed by atoms with Gasteiger partial charge in [-0.05, 0) is 12.1 Å². The van der Waals surface area contributed by atoms with Crippen LogP contribution in [0.25, 0.3) is 0 Å². The van der Waals surface area contributed by atoms with Crippen LogP contribution in [0.15, 0.2) is 24.3 Å². The maximum Gasteiger partial charge on any atom is 0 e. The Bertz CT molecular complexity index is 332. The van der Waals surface area contributed by atoms with Crippen LogP contribution in [0.3, 0.4) is 0 Å². The second kappa shape index (κ2) is 30.2. The number of benzene rings is 1. The standard InChI is InChI=1S/C6H4BO2.4CO.Fe.Li/c1-2-4-6-5(3-1)8-7-9-6;4*1-2;;/h1-4H;;;;;;. The van der Waals surface area contributed by atoms with Gasteiger partial charge in [0.25, 0.3) is 0 Å². The van der Waals surface area contributed by atoms with Gasteiger partial charge in [-0.2, -0.15) is 0 Å². The molecule has 92 valence electrons. The van der Waals surface area contributed by atoms with Gasteiger partial charge < -0.3 is 9.31 Å². The van der Waals surface area contributed by atoms with E-state index in [1.807, 2.05) is 24.3 Å². The minimum Gasteiger partial charge on any atom is 0 e. The zero-order valence-electron chi connectivity index (χ0n) is 9.69. The minimum atomic E-state index is 0. The van der Waals surface area contributed by atoms with E-state index >= 15 is 0 Å². The van der Waals surface area contributed by atoms with Crippen molar-refractivity contribution in [3.8, 4) is 11.5 Å². The number of para-hydroxylation sites is 2. The zero-order valence-corrected chi connectivity index (χ0v) is 10.8. The smallest absolute Gasteiger partial charge is 0 e. The summed E-state index contributed by atoms with van der Waals surface area (Å²) in [5.74, 6) is 1.58. The van der Waals surface area contributed by atoms with Crippen molar-refractivity contribution in [2.24, 2.45) is 0 Å². The van der Waals surface area contributed by atoms with Crippen LogP contribution in [0.2, 0.25) is 0 Å². The van der Waals surface area contributed by atoms with Gasteiger partial charge in [0.15, 0.2) is 0 Å². The number of hydrogen-bond donors (Lipinski definition) is 0. The molecule has 9 heteroatoms. The second-order valence-electron chi connectivity index (χ2n) is 1.78. The molecule has 0 unspecified atom stereocenters. The summed E-state index contributed by atoms with van der Waals surface area (Å²) in [4.78, 5) is 0. The molecule has 19 heavy (non-hydrogen) atoms. The summed E-state index contributed by atoms with van der Waals surface area (Å²) in [6.07, 6.45) is 0. The van der Waals surface area contributed by atoms with Gasteiger partial charge in [0.1, 0.15) is 11.5 Å². The van der Waals surface area contributed by atoms with Crippen LogP contribution in [-0.4, -0.2) is 26.5 Å². The van der Waals surface area contributed by atoms with Gasteiger partial charge in [-0.1, -0.05) is 12.1 Å². The molecule has 0 amide bonds. The number of fused-ring (bicyclic) bond motifs is 1. The van der Waals surface area contributed by atoms with E-state index < -0.39 is 0 Å². The first-order chi connectivity index (χ1) is 8.47. The molecule has 1 aromatic rings. The largest absolute Gasteiger partial charge is 0 e. The van der Waals surface area contributed by atoms with Gasteiger partial charge in [0.05, 0.1) is 0 Å². The molecular formula is C10H4BFeLiO6. The van der Waals surface area contributed by atoms with E-state index in [2.05, 4.69) is 26.6 Å². The Kier molecular flexibility index (Phi) is 48.9. The van der Waals surface area contributed by atoms with Crippen molar-refractivity contribution in [2.75, 3.05) is 0 Å². The third-order valence-corrected chi connectivity index (χ3v) is 1.20. The molecule has 2 radical (unpaired) electrons. The van der Waals surface area contributed by atoms with E-state index in [0.29, 0.717) is 0 Å². The molecule has 0 spiro atoms. The van der Waals surface area contributed by atoms with Gasteiger partial charge >= 0.3 is 52.9 Å². The molecule has 0 fully saturated rings. The van der Waals surface area contributed by atoms with Crippen molar-refractivity contribution in [3.63, 3.8) is 0 Å². The van der Waals surface area contributed by atoms with E-state index in [1.165, 1.54) is 7.69 Å². The fourth-order valence-corrected chi connectivity index (χ4v) is 0.773. The Labute approximate surface area is 134 Å².